The highest BCUT2D eigenvalue weighted by Crippen LogP contribution is 2.44. The molecule has 0 saturated carbocycles. The zero-order chi connectivity index (χ0) is 54.1. The zero-order valence-electron chi connectivity index (χ0n) is 44.4. The minimum Gasteiger partial charge on any atom is -0.493 e. The van der Waals surface area contributed by atoms with Crippen molar-refractivity contribution in [2.45, 2.75) is 95.1 Å². The summed E-state index contributed by atoms with van der Waals surface area (Å²) in [6.07, 6.45) is 5.04. The lowest BCUT2D eigenvalue weighted by Crippen LogP contribution is -2.41. The number of nitrogens with zero attached hydrogens (tertiary/aromatic N) is 5. The lowest BCUT2D eigenvalue weighted by molar-refractivity contribution is -0.117. The number of hydrogen-bond acceptors (Lipinski definition) is 14. The lowest BCUT2D eigenvalue weighted by Gasteiger charge is -2.25. The van der Waals surface area contributed by atoms with Crippen LogP contribution in [0.2, 0.25) is 0 Å². The summed E-state index contributed by atoms with van der Waals surface area (Å²) in [6.45, 7) is 9.06. The molecule has 1 N–H and O–H groups in total. The van der Waals surface area contributed by atoms with Crippen molar-refractivity contribution in [2.75, 3.05) is 77.8 Å². The highest BCUT2D eigenvalue weighted by Gasteiger charge is 2.41. The second-order valence-electron chi connectivity index (χ2n) is 20.7. The van der Waals surface area contributed by atoms with E-state index in [1.165, 1.54) is 22.6 Å². The van der Waals surface area contributed by atoms with Gasteiger partial charge in [0.2, 0.25) is 5.91 Å². The second kappa shape index (κ2) is 22.6. The van der Waals surface area contributed by atoms with Gasteiger partial charge in [0.15, 0.2) is 27.1 Å². The molecule has 0 aromatic heterocycles. The summed E-state index contributed by atoms with van der Waals surface area (Å²) in [5, 5.41) is 2.01. The average Bonchev–Trinajstić information content (AvgIpc) is 3.98. The van der Waals surface area contributed by atoms with Gasteiger partial charge in [0.25, 0.3) is 11.8 Å². The molecule has 0 saturated heterocycles. The van der Waals surface area contributed by atoms with Crippen LogP contribution in [0.3, 0.4) is 0 Å². The maximum atomic E-state index is 14.3. The smallest absolute Gasteiger partial charge is 0.260 e. The molecule has 18 heteroatoms. The maximum absolute atomic E-state index is 14.3. The number of likely N-dealkylation sites (N-methyl/N-ethyl adjacent to an activating group) is 2. The fourth-order valence-electron chi connectivity index (χ4n) is 10.7. The van der Waals surface area contributed by atoms with Crippen molar-refractivity contribution in [2.24, 2.45) is 4.99 Å². The Balaban J connectivity index is 0.925. The van der Waals surface area contributed by atoms with Gasteiger partial charge in [-0.2, -0.15) is 0 Å². The van der Waals surface area contributed by atoms with E-state index < -0.39 is 20.9 Å². The SMILES string of the molecule is CC=NCC(=O)C(CCSSC(C)(C)CCC(=O)Nc1cc(COc2cc3c(cc2C)C(=O)N2c4ccccc4C[C@H]2CN3C)cc(COc2cc3c(cc2OC)C(=O)N2c4ccccc4C[C@H]2CN3C)c1)S(C)(=O)=O. The number of amides is 3. The average molecular weight is 1090 g/mol. The van der Waals surface area contributed by atoms with E-state index in [4.69, 9.17) is 14.2 Å². The fraction of sp³-hybridized carbons (Fsp3) is 0.397. The van der Waals surface area contributed by atoms with Crippen molar-refractivity contribution in [1.82, 2.24) is 0 Å². The van der Waals surface area contributed by atoms with Crippen molar-refractivity contribution in [3.8, 4) is 17.2 Å². The molecular weight excluding hydrogens is 1020 g/mol. The van der Waals surface area contributed by atoms with Gasteiger partial charge in [0, 0.05) is 79.6 Å². The molecule has 0 spiro atoms. The van der Waals surface area contributed by atoms with Crippen LogP contribution in [-0.4, -0.2) is 113 Å². The van der Waals surface area contributed by atoms with Gasteiger partial charge in [-0.1, -0.05) is 58.0 Å². The molecule has 0 radical (unpaired) electrons. The summed E-state index contributed by atoms with van der Waals surface area (Å²) >= 11 is 0. The van der Waals surface area contributed by atoms with Gasteiger partial charge in [-0.15, -0.1) is 0 Å². The van der Waals surface area contributed by atoms with Crippen molar-refractivity contribution in [3.63, 3.8) is 0 Å². The van der Waals surface area contributed by atoms with Crippen LogP contribution in [0.1, 0.15) is 88.6 Å². The number of aryl methyl sites for hydroxylation is 1. The number of carbonyl (C=O) groups is 4. The molecule has 15 nitrogen and oxygen atoms in total. The molecule has 0 aliphatic carbocycles. The minimum atomic E-state index is -3.60. The number of hydrogen-bond donors (Lipinski definition) is 1. The van der Waals surface area contributed by atoms with Gasteiger partial charge >= 0.3 is 0 Å². The molecule has 0 fully saturated rings. The van der Waals surface area contributed by atoms with E-state index in [0.717, 1.165) is 64.1 Å². The van der Waals surface area contributed by atoms with Crippen molar-refractivity contribution >= 4 is 89.6 Å². The highest BCUT2D eigenvalue weighted by molar-refractivity contribution is 8.77. The highest BCUT2D eigenvalue weighted by atomic mass is 33.1. The van der Waals surface area contributed by atoms with E-state index in [2.05, 4.69) is 32.2 Å². The number of benzene rings is 5. The Hall–Kier alpha value is -6.50. The number of para-hydroxylation sites is 2. The van der Waals surface area contributed by atoms with E-state index in [-0.39, 0.29) is 67.2 Å². The first-order chi connectivity index (χ1) is 36.3. The normalized spacial score (nSPS) is 17.3. The summed E-state index contributed by atoms with van der Waals surface area (Å²) in [5.74, 6) is 1.21. The third-order valence-corrected chi connectivity index (χ3v) is 19.5. The van der Waals surface area contributed by atoms with Crippen molar-refractivity contribution in [1.29, 1.82) is 0 Å². The number of nitrogens with one attached hydrogen (secondary N) is 1. The molecule has 0 bridgehead atoms. The van der Waals surface area contributed by atoms with Crippen LogP contribution in [0.5, 0.6) is 17.2 Å². The molecule has 76 heavy (non-hydrogen) atoms. The molecule has 400 valence electrons. The molecule has 3 amide bonds. The van der Waals surface area contributed by atoms with E-state index in [1.54, 1.807) is 30.9 Å². The number of ketones is 1. The molecule has 1 unspecified atom stereocenters. The lowest BCUT2D eigenvalue weighted by atomic mass is 10.1. The van der Waals surface area contributed by atoms with E-state index in [9.17, 15) is 27.6 Å². The summed E-state index contributed by atoms with van der Waals surface area (Å²) in [5.41, 5.74) is 9.78. The Morgan fingerprint density at radius 3 is 1.91 bits per heavy atom. The third-order valence-electron chi connectivity index (χ3n) is 14.5. The van der Waals surface area contributed by atoms with Crippen LogP contribution in [-0.2, 0) is 45.5 Å². The molecule has 4 aliphatic heterocycles. The van der Waals surface area contributed by atoms with Gasteiger partial charge in [0.1, 0.15) is 24.2 Å². The number of fused-ring (bicyclic) bond motifs is 8. The molecule has 9 rings (SSSR count). The van der Waals surface area contributed by atoms with Gasteiger partial charge < -0.3 is 39.1 Å². The van der Waals surface area contributed by atoms with E-state index >= 15 is 0 Å². The fourth-order valence-corrected chi connectivity index (χ4v) is 14.6. The Labute approximate surface area is 454 Å². The topological polar surface area (TPSA) is 167 Å². The maximum Gasteiger partial charge on any atom is 0.260 e. The molecule has 5 aromatic carbocycles. The molecular formula is C58H66N6O9S3. The number of methoxy groups -OCH3 is 1. The summed E-state index contributed by atoms with van der Waals surface area (Å²) in [4.78, 5) is 67.0. The van der Waals surface area contributed by atoms with Gasteiger partial charge in [0.05, 0.1) is 48.2 Å². The summed E-state index contributed by atoms with van der Waals surface area (Å²) in [6, 6.07) is 29.4. The number of Topliss-reactive ketones (excluding diaryl/α,β-unsaturated/α-hetero) is 1. The first-order valence-electron chi connectivity index (χ1n) is 25.6. The number of anilines is 5. The monoisotopic (exact) mass is 1090 g/mol. The number of sulfone groups is 1. The zero-order valence-corrected chi connectivity index (χ0v) is 46.8. The van der Waals surface area contributed by atoms with Gasteiger partial charge in [-0.3, -0.25) is 24.2 Å². The predicted molar refractivity (Wildman–Crippen MR) is 307 cm³/mol. The second-order valence-corrected chi connectivity index (χ2v) is 26.1. The predicted octanol–water partition coefficient (Wildman–Crippen LogP) is 9.55. The number of aliphatic imine (C=N–C) groups is 1. The van der Waals surface area contributed by atoms with Crippen LogP contribution in [0.15, 0.2) is 96.0 Å². The first kappa shape index (κ1) is 54.3. The first-order valence-corrected chi connectivity index (χ1v) is 29.9. The minimum absolute atomic E-state index is 0.00968. The third kappa shape index (κ3) is 11.7. The standard InChI is InChI=1S/C58H66N6O9S3/c1-9-59-31-50(65)54(76(8,69)70)19-21-74-75-58(3,4)20-18-55(66)60-41-24-37(34-72-51-29-48-44(22-36(51)2)56(67)63-42(32-61(48)5)26-39-14-10-12-16-46(39)63)23-38(25-41)35-73-53-30-49-45(28-52(53)71-7)57(68)64-43(33-62(49)6)27-40-15-11-13-17-47(40)64/h9-17,22-25,28-30,42-43,54H,18-21,26-27,31-35H2,1-8H3,(H,60,66)/t42-,43-,54?/m0/s1. The number of rotatable bonds is 20. The van der Waals surface area contributed by atoms with Crippen LogP contribution in [0.25, 0.3) is 0 Å². The quantitative estimate of drug-likeness (QED) is 0.0445. The molecule has 3 atom stereocenters. The van der Waals surface area contributed by atoms with Gasteiger partial charge in [-0.25, -0.2) is 8.42 Å². The summed E-state index contributed by atoms with van der Waals surface area (Å²) in [7, 11) is 5.01. The van der Waals surface area contributed by atoms with Crippen molar-refractivity contribution in [3.05, 3.63) is 130 Å². The van der Waals surface area contributed by atoms with Crippen molar-refractivity contribution < 1.29 is 41.8 Å². The number of carbonyl (C=O) groups excluding carboxylic acids is 4. The molecule has 4 aliphatic rings. The summed E-state index contributed by atoms with van der Waals surface area (Å²) < 4.78 is 43.5. The van der Waals surface area contributed by atoms with Crippen LogP contribution >= 0.6 is 21.6 Å². The molecule has 5 aromatic rings. The van der Waals surface area contributed by atoms with E-state index in [0.29, 0.717) is 59.3 Å². The Bertz CT molecular complexity index is 3220. The Kier molecular flexibility index (Phi) is 16.1. The van der Waals surface area contributed by atoms with Gasteiger partial charge in [-0.05, 0) is 130 Å². The Morgan fingerprint density at radius 1 is 0.789 bits per heavy atom. The molecule has 4 heterocycles. The number of ether oxygens (including phenoxy) is 3. The largest absolute Gasteiger partial charge is 0.493 e. The Morgan fingerprint density at radius 2 is 1.34 bits per heavy atom. The van der Waals surface area contributed by atoms with E-state index in [1.807, 2.05) is 117 Å². The van der Waals surface area contributed by atoms with Crippen LogP contribution in [0.4, 0.5) is 28.4 Å². The van der Waals surface area contributed by atoms with Crippen LogP contribution in [0, 0.1) is 6.92 Å². The van der Waals surface area contributed by atoms with Crippen LogP contribution < -0.4 is 39.1 Å².